The first-order valence-corrected chi connectivity index (χ1v) is 10.3. The van der Waals surface area contributed by atoms with E-state index in [-0.39, 0.29) is 17.6 Å². The van der Waals surface area contributed by atoms with Crippen molar-refractivity contribution in [1.29, 1.82) is 0 Å². The molecule has 1 aromatic heterocycles. The van der Waals surface area contributed by atoms with Gasteiger partial charge in [0.15, 0.2) is 5.78 Å². The molecule has 1 aliphatic rings. The van der Waals surface area contributed by atoms with Crippen LogP contribution in [0.15, 0.2) is 24.3 Å². The van der Waals surface area contributed by atoms with Gasteiger partial charge < -0.3 is 4.90 Å². The number of rotatable bonds is 6. The number of amides is 1. The molecule has 27 heavy (non-hydrogen) atoms. The van der Waals surface area contributed by atoms with Gasteiger partial charge in [-0.2, -0.15) is 0 Å². The van der Waals surface area contributed by atoms with Crippen LogP contribution in [0.5, 0.6) is 0 Å². The average molecular weight is 384 g/mol. The van der Waals surface area contributed by atoms with Gasteiger partial charge in [0.2, 0.25) is 5.91 Å². The van der Waals surface area contributed by atoms with E-state index in [0.29, 0.717) is 17.0 Å². The third kappa shape index (κ3) is 3.88. The molecule has 1 fully saturated rings. The van der Waals surface area contributed by atoms with Crippen molar-refractivity contribution in [2.24, 2.45) is 5.92 Å². The highest BCUT2D eigenvalue weighted by molar-refractivity contribution is 7.17. The topological polar surface area (TPSA) is 54.5 Å². The molecule has 3 rings (SSSR count). The Morgan fingerprint density at radius 1 is 1.22 bits per heavy atom. The van der Waals surface area contributed by atoms with Crippen molar-refractivity contribution in [3.63, 3.8) is 0 Å². The highest BCUT2D eigenvalue weighted by Gasteiger charge is 2.28. The van der Waals surface area contributed by atoms with Gasteiger partial charge in [-0.1, -0.05) is 12.8 Å². The van der Waals surface area contributed by atoms with Crippen LogP contribution in [-0.4, -0.2) is 24.5 Å². The summed E-state index contributed by atoms with van der Waals surface area (Å²) in [6.45, 7) is 5.98. The number of Topliss-reactive ketones (excluding diaryl/α,β-unsaturated/α-hetero) is 1. The lowest BCUT2D eigenvalue weighted by atomic mass is 9.99. The molecule has 1 heterocycles. The lowest BCUT2D eigenvalue weighted by Gasteiger charge is -2.27. The first kappa shape index (κ1) is 19.5. The summed E-state index contributed by atoms with van der Waals surface area (Å²) in [7, 11) is 0. The van der Waals surface area contributed by atoms with Crippen LogP contribution >= 0.6 is 11.3 Å². The predicted molar refractivity (Wildman–Crippen MR) is 110 cm³/mol. The Hall–Kier alpha value is -2.27. The number of carbonyl (C=O) groups excluding carboxylic acids is 3. The van der Waals surface area contributed by atoms with E-state index < -0.39 is 0 Å². The van der Waals surface area contributed by atoms with Crippen molar-refractivity contribution < 1.29 is 14.4 Å². The zero-order valence-corrected chi connectivity index (χ0v) is 16.9. The van der Waals surface area contributed by atoms with E-state index in [2.05, 4.69) is 0 Å². The van der Waals surface area contributed by atoms with Crippen molar-refractivity contribution >= 4 is 35.0 Å². The number of carbonyl (C=O) groups is 3. The minimum absolute atomic E-state index is 0.0285. The lowest BCUT2D eigenvalue weighted by molar-refractivity contribution is -0.122. The largest absolute Gasteiger partial charge is 0.312 e. The first-order chi connectivity index (χ1) is 13.0. The fourth-order valence-corrected chi connectivity index (χ4v) is 4.67. The summed E-state index contributed by atoms with van der Waals surface area (Å²) in [4.78, 5) is 39.8. The number of nitrogens with zero attached hydrogens (tertiary/aromatic N) is 1. The van der Waals surface area contributed by atoms with E-state index in [1.807, 2.05) is 43.0 Å². The number of hydrogen-bond donors (Lipinski definition) is 0. The van der Waals surface area contributed by atoms with Gasteiger partial charge in [-0.25, -0.2) is 0 Å². The zero-order valence-electron chi connectivity index (χ0n) is 16.1. The van der Waals surface area contributed by atoms with Crippen molar-refractivity contribution in [1.82, 2.24) is 0 Å². The fourth-order valence-electron chi connectivity index (χ4n) is 3.79. The number of hydrogen-bond acceptors (Lipinski definition) is 4. The zero-order chi connectivity index (χ0) is 19.6. The van der Waals surface area contributed by atoms with Crippen LogP contribution in [0.1, 0.15) is 65.1 Å². The molecule has 5 heteroatoms. The molecular formula is C22H25NO3S. The Balaban J connectivity index is 2.06. The van der Waals surface area contributed by atoms with Gasteiger partial charge in [-0.15, -0.1) is 11.3 Å². The summed E-state index contributed by atoms with van der Waals surface area (Å²) >= 11 is 1.41. The van der Waals surface area contributed by atoms with Crippen molar-refractivity contribution in [2.45, 2.75) is 46.5 Å². The van der Waals surface area contributed by atoms with Crippen molar-refractivity contribution in [3.05, 3.63) is 40.3 Å². The first-order valence-electron chi connectivity index (χ1n) is 9.48. The van der Waals surface area contributed by atoms with Gasteiger partial charge >= 0.3 is 0 Å². The van der Waals surface area contributed by atoms with Crippen LogP contribution in [-0.2, 0) is 4.79 Å². The Morgan fingerprint density at radius 2 is 1.93 bits per heavy atom. The Bertz CT molecular complexity index is 878. The van der Waals surface area contributed by atoms with E-state index >= 15 is 0 Å². The number of ketones is 1. The average Bonchev–Trinajstić information content (AvgIpc) is 3.35. The molecule has 0 radical (unpaired) electrons. The molecule has 4 nitrogen and oxygen atoms in total. The van der Waals surface area contributed by atoms with Crippen molar-refractivity contribution in [2.75, 3.05) is 11.4 Å². The molecular weight excluding hydrogens is 358 g/mol. The van der Waals surface area contributed by atoms with Gasteiger partial charge in [-0.3, -0.25) is 14.4 Å². The minimum Gasteiger partial charge on any atom is -0.312 e. The van der Waals surface area contributed by atoms with Gasteiger partial charge in [0.25, 0.3) is 0 Å². The maximum absolute atomic E-state index is 13.1. The molecule has 0 unspecified atom stereocenters. The van der Waals surface area contributed by atoms with Crippen LogP contribution in [0, 0.1) is 12.8 Å². The molecule has 0 bridgehead atoms. The molecule has 2 aromatic rings. The van der Waals surface area contributed by atoms with Crippen LogP contribution in [0.25, 0.3) is 10.4 Å². The predicted octanol–water partition coefficient (Wildman–Crippen LogP) is 5.28. The molecule has 142 valence electrons. The molecule has 0 spiro atoms. The Morgan fingerprint density at radius 3 is 2.48 bits per heavy atom. The maximum atomic E-state index is 13.1. The van der Waals surface area contributed by atoms with Gasteiger partial charge in [0.05, 0.1) is 4.88 Å². The second kappa shape index (κ2) is 8.17. The molecule has 0 saturated heterocycles. The molecule has 1 amide bonds. The number of benzene rings is 1. The second-order valence-electron chi connectivity index (χ2n) is 7.11. The van der Waals surface area contributed by atoms with Gasteiger partial charge in [0.1, 0.15) is 6.29 Å². The van der Waals surface area contributed by atoms with Crippen LogP contribution in [0.2, 0.25) is 0 Å². The highest BCUT2D eigenvalue weighted by Crippen LogP contribution is 2.36. The monoisotopic (exact) mass is 383 g/mol. The summed E-state index contributed by atoms with van der Waals surface area (Å²) in [5.41, 5.74) is 3.07. The van der Waals surface area contributed by atoms with Crippen LogP contribution in [0.3, 0.4) is 0 Å². The molecule has 0 atom stereocenters. The number of aldehydes is 1. The van der Waals surface area contributed by atoms with E-state index in [0.717, 1.165) is 53.7 Å². The quantitative estimate of drug-likeness (QED) is 0.503. The van der Waals surface area contributed by atoms with Gasteiger partial charge in [-0.05, 0) is 69.0 Å². The van der Waals surface area contributed by atoms with Crippen LogP contribution in [0.4, 0.5) is 5.69 Å². The maximum Gasteiger partial charge on any atom is 0.230 e. The normalized spacial score (nSPS) is 14.3. The second-order valence-corrected chi connectivity index (χ2v) is 8.20. The Kier molecular flexibility index (Phi) is 5.90. The summed E-state index contributed by atoms with van der Waals surface area (Å²) in [6.07, 6.45) is 4.95. The van der Waals surface area contributed by atoms with Crippen LogP contribution < -0.4 is 4.90 Å². The highest BCUT2D eigenvalue weighted by atomic mass is 32.1. The summed E-state index contributed by atoms with van der Waals surface area (Å²) < 4.78 is 0. The minimum atomic E-state index is 0.0285. The van der Waals surface area contributed by atoms with E-state index in [4.69, 9.17) is 0 Å². The number of thiophene rings is 1. The lowest BCUT2D eigenvalue weighted by Crippen LogP contribution is -2.35. The summed E-state index contributed by atoms with van der Waals surface area (Å²) in [5.74, 6) is 0.266. The molecule has 0 aliphatic heterocycles. The molecule has 0 N–H and O–H groups in total. The number of anilines is 1. The van der Waals surface area contributed by atoms with Crippen molar-refractivity contribution in [3.8, 4) is 10.4 Å². The summed E-state index contributed by atoms with van der Waals surface area (Å²) in [5, 5.41) is 0. The van der Waals surface area contributed by atoms with E-state index in [1.165, 1.54) is 11.3 Å². The summed E-state index contributed by atoms with van der Waals surface area (Å²) in [6, 6.07) is 7.53. The third-order valence-corrected chi connectivity index (χ3v) is 6.60. The fraction of sp³-hybridized carbons (Fsp3) is 0.409. The molecule has 1 saturated carbocycles. The van der Waals surface area contributed by atoms with E-state index in [9.17, 15) is 14.4 Å². The Labute approximate surface area is 164 Å². The third-order valence-electron chi connectivity index (χ3n) is 5.36. The standard InChI is InChI=1S/C22H25NO3S/c1-4-23(22(26)16-7-5-6-8-16)19-12-17(11-18(13-24)14(19)2)21-10-9-20(27-21)15(3)25/h9-13,16H,4-8H2,1-3H3. The molecule has 1 aromatic carbocycles. The SMILES string of the molecule is CCN(C(=O)C1CCCC1)c1cc(-c2ccc(C(C)=O)s2)cc(C=O)c1C. The van der Waals surface area contributed by atoms with E-state index in [1.54, 1.807) is 6.92 Å². The van der Waals surface area contributed by atoms with Gasteiger partial charge in [0, 0.05) is 28.6 Å². The smallest absolute Gasteiger partial charge is 0.230 e. The molecule has 1 aliphatic carbocycles.